The van der Waals surface area contributed by atoms with Crippen molar-refractivity contribution in [3.63, 3.8) is 0 Å². The standard InChI is InChI=1S/C13H17ClN2O2/c1-13(2,3)18-12(17)16-10-5-4-9(14)8-6-7-15-11(8)10/h4-5,15H,6-7H2,1-3H3,(H,16,17). The molecule has 0 fully saturated rings. The number of anilines is 2. The summed E-state index contributed by atoms with van der Waals surface area (Å²) in [5, 5.41) is 6.69. The number of nitrogens with one attached hydrogen (secondary N) is 2. The van der Waals surface area contributed by atoms with Gasteiger partial charge in [0.1, 0.15) is 5.60 Å². The van der Waals surface area contributed by atoms with Gasteiger partial charge in [-0.15, -0.1) is 0 Å². The fourth-order valence-corrected chi connectivity index (χ4v) is 2.15. The molecule has 0 saturated carbocycles. The first kappa shape index (κ1) is 13.0. The maximum atomic E-state index is 11.7. The minimum atomic E-state index is -0.507. The Bertz CT molecular complexity index is 481. The van der Waals surface area contributed by atoms with Crippen LogP contribution in [0.5, 0.6) is 0 Å². The largest absolute Gasteiger partial charge is 0.444 e. The first-order chi connectivity index (χ1) is 8.37. The van der Waals surface area contributed by atoms with Gasteiger partial charge in [-0.2, -0.15) is 0 Å². The Balaban J connectivity index is 2.16. The third-order valence-corrected chi connectivity index (χ3v) is 2.92. The van der Waals surface area contributed by atoms with Crippen molar-refractivity contribution in [2.75, 3.05) is 17.2 Å². The molecule has 98 valence electrons. The molecule has 0 radical (unpaired) electrons. The van der Waals surface area contributed by atoms with Gasteiger partial charge in [-0.25, -0.2) is 4.79 Å². The number of rotatable bonds is 1. The average Bonchev–Trinajstić information content (AvgIpc) is 2.69. The lowest BCUT2D eigenvalue weighted by atomic mass is 10.1. The number of hydrogen-bond donors (Lipinski definition) is 2. The van der Waals surface area contributed by atoms with E-state index in [2.05, 4.69) is 10.6 Å². The number of ether oxygens (including phenoxy) is 1. The van der Waals surface area contributed by atoms with Gasteiger partial charge in [-0.1, -0.05) is 11.6 Å². The molecule has 1 heterocycles. The summed E-state index contributed by atoms with van der Waals surface area (Å²) in [6.45, 7) is 6.33. The number of halogens is 1. The maximum absolute atomic E-state index is 11.7. The number of carbonyl (C=O) groups is 1. The van der Waals surface area contributed by atoms with Crippen molar-refractivity contribution >= 4 is 29.1 Å². The van der Waals surface area contributed by atoms with E-state index in [9.17, 15) is 4.79 Å². The minimum Gasteiger partial charge on any atom is -0.444 e. The summed E-state index contributed by atoms with van der Waals surface area (Å²) >= 11 is 6.10. The Kier molecular flexibility index (Phi) is 3.39. The van der Waals surface area contributed by atoms with Crippen LogP contribution < -0.4 is 10.6 Å². The van der Waals surface area contributed by atoms with Crippen molar-refractivity contribution in [3.05, 3.63) is 22.7 Å². The second-order valence-electron chi connectivity index (χ2n) is 5.25. The Morgan fingerprint density at radius 3 is 2.83 bits per heavy atom. The van der Waals surface area contributed by atoms with Crippen LogP contribution in [0.15, 0.2) is 12.1 Å². The molecule has 5 heteroatoms. The van der Waals surface area contributed by atoms with Gasteiger partial charge >= 0.3 is 6.09 Å². The first-order valence-electron chi connectivity index (χ1n) is 5.92. The Morgan fingerprint density at radius 2 is 2.17 bits per heavy atom. The average molecular weight is 269 g/mol. The SMILES string of the molecule is CC(C)(C)OC(=O)Nc1ccc(Cl)c2c1NCC2. The van der Waals surface area contributed by atoms with E-state index in [1.165, 1.54) is 0 Å². The van der Waals surface area contributed by atoms with E-state index in [0.29, 0.717) is 5.69 Å². The van der Waals surface area contributed by atoms with Crippen molar-refractivity contribution in [2.24, 2.45) is 0 Å². The smallest absolute Gasteiger partial charge is 0.412 e. The number of hydrogen-bond acceptors (Lipinski definition) is 3. The van der Waals surface area contributed by atoms with Gasteiger partial charge in [0.25, 0.3) is 0 Å². The van der Waals surface area contributed by atoms with E-state index in [1.54, 1.807) is 12.1 Å². The lowest BCUT2D eigenvalue weighted by Gasteiger charge is -2.20. The van der Waals surface area contributed by atoms with Gasteiger partial charge in [-0.05, 0) is 44.9 Å². The summed E-state index contributed by atoms with van der Waals surface area (Å²) in [5.41, 5.74) is 2.15. The van der Waals surface area contributed by atoms with E-state index in [4.69, 9.17) is 16.3 Å². The molecule has 18 heavy (non-hydrogen) atoms. The number of fused-ring (bicyclic) bond motifs is 1. The molecule has 0 aliphatic carbocycles. The zero-order valence-corrected chi connectivity index (χ0v) is 11.5. The highest BCUT2D eigenvalue weighted by molar-refractivity contribution is 6.32. The van der Waals surface area contributed by atoms with Gasteiger partial charge in [0.05, 0.1) is 11.4 Å². The fourth-order valence-electron chi connectivity index (χ4n) is 1.90. The molecule has 1 aromatic rings. The van der Waals surface area contributed by atoms with Crippen LogP contribution in [0.25, 0.3) is 0 Å². The number of carbonyl (C=O) groups excluding carboxylic acids is 1. The zero-order valence-electron chi connectivity index (χ0n) is 10.8. The third-order valence-electron chi connectivity index (χ3n) is 2.57. The van der Waals surface area contributed by atoms with Crippen molar-refractivity contribution in [1.29, 1.82) is 0 Å². The zero-order chi connectivity index (χ0) is 13.3. The van der Waals surface area contributed by atoms with E-state index < -0.39 is 11.7 Å². The second kappa shape index (κ2) is 4.69. The van der Waals surface area contributed by atoms with Gasteiger partial charge in [-0.3, -0.25) is 5.32 Å². The molecule has 0 spiro atoms. The van der Waals surface area contributed by atoms with E-state index in [0.717, 1.165) is 29.2 Å². The van der Waals surface area contributed by atoms with Crippen molar-refractivity contribution in [3.8, 4) is 0 Å². The van der Waals surface area contributed by atoms with Crippen LogP contribution in [-0.2, 0) is 11.2 Å². The topological polar surface area (TPSA) is 50.4 Å². The Labute approximate surface area is 112 Å². The summed E-state index contributed by atoms with van der Waals surface area (Å²) in [5.74, 6) is 0. The summed E-state index contributed by atoms with van der Waals surface area (Å²) < 4.78 is 5.22. The highest BCUT2D eigenvalue weighted by atomic mass is 35.5. The lowest BCUT2D eigenvalue weighted by Crippen LogP contribution is -2.27. The van der Waals surface area contributed by atoms with Crippen LogP contribution >= 0.6 is 11.6 Å². The van der Waals surface area contributed by atoms with Gasteiger partial charge in [0, 0.05) is 11.6 Å². The predicted molar refractivity (Wildman–Crippen MR) is 73.5 cm³/mol. The normalized spacial score (nSPS) is 13.8. The quantitative estimate of drug-likeness (QED) is 0.817. The monoisotopic (exact) mass is 268 g/mol. The molecule has 0 unspecified atom stereocenters. The number of benzene rings is 1. The first-order valence-corrected chi connectivity index (χ1v) is 6.30. The van der Waals surface area contributed by atoms with Crippen LogP contribution in [-0.4, -0.2) is 18.2 Å². The van der Waals surface area contributed by atoms with Gasteiger partial charge < -0.3 is 10.1 Å². The van der Waals surface area contributed by atoms with Crippen LogP contribution in [0.2, 0.25) is 5.02 Å². The summed E-state index contributed by atoms with van der Waals surface area (Å²) in [6, 6.07) is 3.57. The molecule has 0 atom stereocenters. The third kappa shape index (κ3) is 2.88. The Morgan fingerprint density at radius 1 is 1.44 bits per heavy atom. The fraction of sp³-hybridized carbons (Fsp3) is 0.462. The predicted octanol–water partition coefficient (Wildman–Crippen LogP) is 3.66. The van der Waals surface area contributed by atoms with E-state index in [1.807, 2.05) is 20.8 Å². The minimum absolute atomic E-state index is 0.458. The van der Waals surface area contributed by atoms with E-state index >= 15 is 0 Å². The molecule has 1 aliphatic rings. The van der Waals surface area contributed by atoms with Crippen molar-refractivity contribution in [1.82, 2.24) is 0 Å². The lowest BCUT2D eigenvalue weighted by molar-refractivity contribution is 0.0636. The molecule has 1 aliphatic heterocycles. The van der Waals surface area contributed by atoms with Crippen molar-refractivity contribution < 1.29 is 9.53 Å². The van der Waals surface area contributed by atoms with Crippen LogP contribution in [0.1, 0.15) is 26.3 Å². The molecular weight excluding hydrogens is 252 g/mol. The van der Waals surface area contributed by atoms with Crippen molar-refractivity contribution in [2.45, 2.75) is 32.8 Å². The van der Waals surface area contributed by atoms with Crippen LogP contribution in [0.3, 0.4) is 0 Å². The molecule has 4 nitrogen and oxygen atoms in total. The summed E-state index contributed by atoms with van der Waals surface area (Å²) in [7, 11) is 0. The molecule has 2 rings (SSSR count). The number of amides is 1. The molecule has 0 bridgehead atoms. The Hall–Kier alpha value is -1.42. The maximum Gasteiger partial charge on any atom is 0.412 e. The molecule has 2 N–H and O–H groups in total. The summed E-state index contributed by atoms with van der Waals surface area (Å²) in [4.78, 5) is 11.7. The molecule has 0 saturated heterocycles. The van der Waals surface area contributed by atoms with Crippen LogP contribution in [0.4, 0.5) is 16.2 Å². The molecule has 0 aromatic heterocycles. The molecular formula is C13H17ClN2O2. The highest BCUT2D eigenvalue weighted by Gasteiger charge is 2.21. The second-order valence-corrected chi connectivity index (χ2v) is 5.66. The van der Waals surface area contributed by atoms with E-state index in [-0.39, 0.29) is 0 Å². The summed E-state index contributed by atoms with van der Waals surface area (Å²) in [6.07, 6.45) is 0.415. The van der Waals surface area contributed by atoms with Gasteiger partial charge in [0.15, 0.2) is 0 Å². The highest BCUT2D eigenvalue weighted by Crippen LogP contribution is 2.36. The molecule has 1 amide bonds. The molecule has 1 aromatic carbocycles. The van der Waals surface area contributed by atoms with Gasteiger partial charge in [0.2, 0.25) is 0 Å². The van der Waals surface area contributed by atoms with Crippen LogP contribution in [0, 0.1) is 0 Å².